The molecule has 14 heavy (non-hydrogen) atoms. The highest BCUT2D eigenvalue weighted by atomic mass is 16.3. The van der Waals surface area contributed by atoms with Crippen molar-refractivity contribution in [3.8, 4) is 0 Å². The van der Waals surface area contributed by atoms with E-state index in [0.717, 1.165) is 32.1 Å². The van der Waals surface area contributed by atoms with Gasteiger partial charge in [-0.1, -0.05) is 6.92 Å². The Balaban J connectivity index is 1.85. The average Bonchev–Trinajstić information content (AvgIpc) is 2.23. The van der Waals surface area contributed by atoms with Crippen LogP contribution in [0.5, 0.6) is 0 Å². The summed E-state index contributed by atoms with van der Waals surface area (Å²) in [5.41, 5.74) is 0. The Kier molecular flexibility index (Phi) is 3.42. The standard InChI is InChI=1S/C11H22N2O/c1-9-4-7-13(8-11(9)14)10-2-5-12-6-3-10/h9-12,14H,2-8H2,1H3. The number of aliphatic hydroxyl groups is 1. The lowest BCUT2D eigenvalue weighted by Crippen LogP contribution is -2.50. The fourth-order valence-corrected chi connectivity index (χ4v) is 2.58. The second kappa shape index (κ2) is 4.60. The van der Waals surface area contributed by atoms with E-state index < -0.39 is 0 Å². The molecule has 0 aromatic carbocycles. The molecule has 0 radical (unpaired) electrons. The predicted octanol–water partition coefficient (Wildman–Crippen LogP) is 0.441. The molecular weight excluding hydrogens is 176 g/mol. The Morgan fingerprint density at radius 1 is 1.21 bits per heavy atom. The minimum absolute atomic E-state index is 0.0985. The van der Waals surface area contributed by atoms with E-state index in [1.807, 2.05) is 0 Å². The van der Waals surface area contributed by atoms with Crippen LogP contribution >= 0.6 is 0 Å². The van der Waals surface area contributed by atoms with Crippen LogP contribution in [0.15, 0.2) is 0 Å². The fraction of sp³-hybridized carbons (Fsp3) is 1.00. The molecule has 3 heteroatoms. The molecule has 0 bridgehead atoms. The summed E-state index contributed by atoms with van der Waals surface area (Å²) in [5.74, 6) is 0.493. The van der Waals surface area contributed by atoms with Crippen LogP contribution in [0.1, 0.15) is 26.2 Å². The second-order valence-corrected chi connectivity index (χ2v) is 4.81. The number of likely N-dealkylation sites (tertiary alicyclic amines) is 1. The number of nitrogens with one attached hydrogen (secondary N) is 1. The predicted molar refractivity (Wildman–Crippen MR) is 57.3 cm³/mol. The van der Waals surface area contributed by atoms with Gasteiger partial charge in [-0.25, -0.2) is 0 Å². The lowest BCUT2D eigenvalue weighted by Gasteiger charge is -2.41. The first-order valence-corrected chi connectivity index (χ1v) is 5.90. The van der Waals surface area contributed by atoms with Crippen LogP contribution in [0.3, 0.4) is 0 Å². The maximum atomic E-state index is 9.82. The van der Waals surface area contributed by atoms with E-state index in [2.05, 4.69) is 17.1 Å². The van der Waals surface area contributed by atoms with Gasteiger partial charge in [0.25, 0.3) is 0 Å². The van der Waals surface area contributed by atoms with Gasteiger partial charge in [-0.15, -0.1) is 0 Å². The summed E-state index contributed by atoms with van der Waals surface area (Å²) in [4.78, 5) is 2.49. The Morgan fingerprint density at radius 2 is 1.93 bits per heavy atom. The van der Waals surface area contributed by atoms with E-state index >= 15 is 0 Å². The van der Waals surface area contributed by atoms with Crippen molar-refractivity contribution >= 4 is 0 Å². The normalized spacial score (nSPS) is 37.3. The van der Waals surface area contributed by atoms with Gasteiger partial charge in [0.1, 0.15) is 0 Å². The average molecular weight is 198 g/mol. The number of aliphatic hydroxyl groups excluding tert-OH is 1. The molecule has 2 rings (SSSR count). The third kappa shape index (κ3) is 2.27. The first-order chi connectivity index (χ1) is 6.77. The topological polar surface area (TPSA) is 35.5 Å². The zero-order valence-corrected chi connectivity index (χ0v) is 9.08. The fourth-order valence-electron chi connectivity index (χ4n) is 2.58. The molecule has 2 fully saturated rings. The van der Waals surface area contributed by atoms with Crippen molar-refractivity contribution in [3.05, 3.63) is 0 Å². The van der Waals surface area contributed by atoms with Crippen molar-refractivity contribution in [2.75, 3.05) is 26.2 Å². The van der Waals surface area contributed by atoms with Gasteiger partial charge < -0.3 is 10.4 Å². The summed E-state index contributed by atoms with van der Waals surface area (Å²) in [6.07, 6.45) is 3.56. The van der Waals surface area contributed by atoms with Gasteiger partial charge in [0.2, 0.25) is 0 Å². The Morgan fingerprint density at radius 3 is 2.57 bits per heavy atom. The van der Waals surface area contributed by atoms with Crippen LogP contribution < -0.4 is 5.32 Å². The smallest absolute Gasteiger partial charge is 0.0693 e. The zero-order chi connectivity index (χ0) is 9.97. The number of hydrogen-bond donors (Lipinski definition) is 2. The second-order valence-electron chi connectivity index (χ2n) is 4.81. The molecular formula is C11H22N2O. The highest BCUT2D eigenvalue weighted by molar-refractivity contribution is 4.84. The van der Waals surface area contributed by atoms with E-state index in [9.17, 15) is 5.11 Å². The van der Waals surface area contributed by atoms with Crippen molar-refractivity contribution in [2.45, 2.75) is 38.3 Å². The molecule has 2 saturated heterocycles. The summed E-state index contributed by atoms with van der Waals surface area (Å²) in [5, 5.41) is 13.2. The molecule has 2 aliphatic rings. The molecule has 0 saturated carbocycles. The number of rotatable bonds is 1. The van der Waals surface area contributed by atoms with Gasteiger partial charge in [0.15, 0.2) is 0 Å². The summed E-state index contributed by atoms with van der Waals surface area (Å²) in [7, 11) is 0. The summed E-state index contributed by atoms with van der Waals surface area (Å²) in [6.45, 7) is 6.53. The van der Waals surface area contributed by atoms with Crippen LogP contribution in [0.25, 0.3) is 0 Å². The maximum absolute atomic E-state index is 9.82. The molecule has 3 nitrogen and oxygen atoms in total. The Bertz CT molecular complexity index is 180. The van der Waals surface area contributed by atoms with E-state index in [1.54, 1.807) is 0 Å². The molecule has 2 N–H and O–H groups in total. The quantitative estimate of drug-likeness (QED) is 0.642. The molecule has 82 valence electrons. The number of hydrogen-bond acceptors (Lipinski definition) is 3. The first-order valence-electron chi connectivity index (χ1n) is 5.90. The lowest BCUT2D eigenvalue weighted by molar-refractivity contribution is 0.00407. The zero-order valence-electron chi connectivity index (χ0n) is 9.08. The highest BCUT2D eigenvalue weighted by Gasteiger charge is 2.29. The number of piperidine rings is 2. The van der Waals surface area contributed by atoms with E-state index in [-0.39, 0.29) is 6.10 Å². The van der Waals surface area contributed by atoms with Gasteiger partial charge in [0, 0.05) is 12.6 Å². The van der Waals surface area contributed by atoms with Crippen molar-refractivity contribution in [3.63, 3.8) is 0 Å². The van der Waals surface area contributed by atoms with Crippen molar-refractivity contribution in [1.29, 1.82) is 0 Å². The molecule has 2 unspecified atom stereocenters. The van der Waals surface area contributed by atoms with Gasteiger partial charge >= 0.3 is 0 Å². The van der Waals surface area contributed by atoms with Crippen LogP contribution in [0, 0.1) is 5.92 Å². The van der Waals surface area contributed by atoms with Crippen LogP contribution in [-0.4, -0.2) is 48.3 Å². The molecule has 0 amide bonds. The summed E-state index contributed by atoms with van der Waals surface area (Å²) >= 11 is 0. The molecule has 2 aliphatic heterocycles. The van der Waals surface area contributed by atoms with Gasteiger partial charge in [0.05, 0.1) is 6.10 Å². The largest absolute Gasteiger partial charge is 0.392 e. The minimum Gasteiger partial charge on any atom is -0.392 e. The SMILES string of the molecule is CC1CCN(C2CCNCC2)CC1O. The number of nitrogens with zero attached hydrogens (tertiary/aromatic N) is 1. The van der Waals surface area contributed by atoms with Crippen LogP contribution in [0.4, 0.5) is 0 Å². The van der Waals surface area contributed by atoms with E-state index in [1.165, 1.54) is 19.4 Å². The Hall–Kier alpha value is -0.120. The van der Waals surface area contributed by atoms with Crippen LogP contribution in [-0.2, 0) is 0 Å². The Labute approximate surface area is 86.5 Å². The lowest BCUT2D eigenvalue weighted by atomic mass is 9.93. The molecule has 2 heterocycles. The van der Waals surface area contributed by atoms with E-state index in [4.69, 9.17) is 0 Å². The van der Waals surface area contributed by atoms with Crippen molar-refractivity contribution in [1.82, 2.24) is 10.2 Å². The first kappa shape index (κ1) is 10.4. The maximum Gasteiger partial charge on any atom is 0.0693 e. The van der Waals surface area contributed by atoms with Crippen molar-refractivity contribution < 1.29 is 5.11 Å². The molecule has 0 spiro atoms. The van der Waals surface area contributed by atoms with Crippen molar-refractivity contribution in [2.24, 2.45) is 5.92 Å². The van der Waals surface area contributed by atoms with Crippen LogP contribution in [0.2, 0.25) is 0 Å². The monoisotopic (exact) mass is 198 g/mol. The van der Waals surface area contributed by atoms with Gasteiger partial charge in [-0.3, -0.25) is 4.90 Å². The third-order valence-corrected chi connectivity index (χ3v) is 3.78. The van der Waals surface area contributed by atoms with Gasteiger partial charge in [-0.2, -0.15) is 0 Å². The van der Waals surface area contributed by atoms with E-state index in [0.29, 0.717) is 5.92 Å². The molecule has 2 atom stereocenters. The molecule has 0 aliphatic carbocycles. The van der Waals surface area contributed by atoms with Gasteiger partial charge in [-0.05, 0) is 44.8 Å². The highest BCUT2D eigenvalue weighted by Crippen LogP contribution is 2.21. The number of β-amino-alcohol motifs (C(OH)–C–C–N with tert-alkyl or cyclic N) is 1. The summed E-state index contributed by atoms with van der Waals surface area (Å²) < 4.78 is 0. The molecule has 0 aromatic heterocycles. The minimum atomic E-state index is -0.0985. The third-order valence-electron chi connectivity index (χ3n) is 3.78. The summed E-state index contributed by atoms with van der Waals surface area (Å²) in [6, 6.07) is 0.721. The molecule has 0 aromatic rings.